The molecule has 0 heterocycles. The van der Waals surface area contributed by atoms with Gasteiger partial charge in [-0.15, -0.1) is 0 Å². The first-order valence-electron chi connectivity index (χ1n) is 29.3. The van der Waals surface area contributed by atoms with E-state index in [0.29, 0.717) is 19.4 Å². The van der Waals surface area contributed by atoms with Gasteiger partial charge in [-0.2, -0.15) is 0 Å². The van der Waals surface area contributed by atoms with Gasteiger partial charge in [0.25, 0.3) is 0 Å². The minimum atomic E-state index is -0.843. The van der Waals surface area contributed by atoms with Crippen LogP contribution in [0.15, 0.2) is 36.5 Å². The van der Waals surface area contributed by atoms with E-state index in [1.165, 1.54) is 231 Å². The van der Waals surface area contributed by atoms with Gasteiger partial charge in [0.15, 0.2) is 0 Å². The first kappa shape index (κ1) is 64.1. The number of unbranched alkanes of at least 4 members (excludes halogenated alkanes) is 39. The number of hydrogen-bond acceptors (Lipinski definition) is 5. The molecule has 0 aromatic heterocycles. The van der Waals surface area contributed by atoms with Crippen LogP contribution in [0.3, 0.4) is 0 Å². The number of carbonyl (C=O) groups is 2. The summed E-state index contributed by atoms with van der Waals surface area (Å²) in [7, 11) is 0. The average Bonchev–Trinajstić information content (AvgIpc) is 3.32. The lowest BCUT2D eigenvalue weighted by atomic mass is 10.0. The maximum atomic E-state index is 12.4. The first-order chi connectivity index (χ1) is 32.5. The molecular weight excluding hydrogens is 815 g/mol. The summed E-state index contributed by atoms with van der Waals surface area (Å²) in [5.41, 5.74) is 0. The van der Waals surface area contributed by atoms with E-state index in [-0.39, 0.29) is 18.5 Å². The third kappa shape index (κ3) is 51.5. The summed E-state index contributed by atoms with van der Waals surface area (Å²) in [5.74, 6) is -0.0644. The van der Waals surface area contributed by atoms with Crippen molar-refractivity contribution in [2.75, 3.05) is 13.2 Å². The molecule has 0 saturated heterocycles. The quantitative estimate of drug-likeness (QED) is 0.0321. The molecule has 0 aromatic carbocycles. The van der Waals surface area contributed by atoms with Gasteiger partial charge in [0.2, 0.25) is 5.91 Å². The number of hydrogen-bond donors (Lipinski definition) is 3. The number of aliphatic hydroxyl groups is 2. The molecule has 66 heavy (non-hydrogen) atoms. The molecule has 6 heteroatoms. The summed E-state index contributed by atoms with van der Waals surface area (Å²) in [5, 5.41) is 22.9. The average molecular weight is 929 g/mol. The van der Waals surface area contributed by atoms with Gasteiger partial charge in [0, 0.05) is 12.8 Å². The fraction of sp³-hybridized carbons (Fsp3) is 0.867. The van der Waals surface area contributed by atoms with E-state index in [2.05, 4.69) is 43.5 Å². The number of aliphatic hydroxyl groups excluding tert-OH is 2. The largest absolute Gasteiger partial charge is 0.466 e. The molecule has 6 nitrogen and oxygen atoms in total. The second-order valence-corrected chi connectivity index (χ2v) is 20.0. The molecule has 0 aliphatic carbocycles. The molecule has 3 N–H and O–H groups in total. The molecule has 0 spiro atoms. The molecule has 0 aliphatic rings. The van der Waals surface area contributed by atoms with Crippen LogP contribution in [0.25, 0.3) is 0 Å². The van der Waals surface area contributed by atoms with Crippen molar-refractivity contribution < 1.29 is 24.5 Å². The first-order valence-corrected chi connectivity index (χ1v) is 29.3. The zero-order valence-electron chi connectivity index (χ0n) is 44.2. The molecule has 0 aromatic rings. The van der Waals surface area contributed by atoms with Gasteiger partial charge in [-0.05, 0) is 64.2 Å². The molecular formula is C60H113NO5. The minimum absolute atomic E-state index is 0.00722. The van der Waals surface area contributed by atoms with Crippen LogP contribution in [-0.4, -0.2) is 47.4 Å². The molecule has 2 unspecified atom stereocenters. The summed E-state index contributed by atoms with van der Waals surface area (Å²) in [6, 6.07) is -0.626. The third-order valence-corrected chi connectivity index (χ3v) is 13.4. The van der Waals surface area contributed by atoms with Gasteiger partial charge in [-0.1, -0.05) is 269 Å². The monoisotopic (exact) mass is 928 g/mol. The summed E-state index contributed by atoms with van der Waals surface area (Å²) in [6.45, 7) is 4.85. The van der Waals surface area contributed by atoms with Gasteiger partial charge >= 0.3 is 5.97 Å². The predicted molar refractivity (Wildman–Crippen MR) is 287 cm³/mol. The molecule has 0 radical (unpaired) electrons. The second-order valence-electron chi connectivity index (χ2n) is 20.0. The summed E-state index contributed by atoms with van der Waals surface area (Å²) < 4.78 is 5.49. The highest BCUT2D eigenvalue weighted by atomic mass is 16.5. The van der Waals surface area contributed by atoms with E-state index in [9.17, 15) is 19.8 Å². The van der Waals surface area contributed by atoms with Crippen molar-refractivity contribution in [2.45, 2.75) is 321 Å². The molecule has 0 fully saturated rings. The van der Waals surface area contributed by atoms with Crippen LogP contribution in [-0.2, 0) is 14.3 Å². The Morgan fingerprint density at radius 1 is 0.424 bits per heavy atom. The zero-order chi connectivity index (χ0) is 47.9. The van der Waals surface area contributed by atoms with E-state index >= 15 is 0 Å². The molecule has 0 bridgehead atoms. The van der Waals surface area contributed by atoms with Crippen LogP contribution in [0.5, 0.6) is 0 Å². The fourth-order valence-electron chi connectivity index (χ4n) is 8.90. The van der Waals surface area contributed by atoms with Crippen LogP contribution in [0, 0.1) is 0 Å². The Kier molecular flexibility index (Phi) is 54.1. The van der Waals surface area contributed by atoms with Crippen LogP contribution in [0.1, 0.15) is 309 Å². The molecule has 0 rings (SSSR count). The van der Waals surface area contributed by atoms with E-state index in [1.807, 2.05) is 6.08 Å². The zero-order valence-corrected chi connectivity index (χ0v) is 44.2. The normalized spacial score (nSPS) is 12.8. The van der Waals surface area contributed by atoms with Gasteiger partial charge in [0.05, 0.1) is 25.4 Å². The second kappa shape index (κ2) is 55.7. The van der Waals surface area contributed by atoms with Crippen molar-refractivity contribution in [3.8, 4) is 0 Å². The molecule has 1 amide bonds. The number of ether oxygens (including phenoxy) is 1. The van der Waals surface area contributed by atoms with E-state index in [0.717, 1.165) is 51.4 Å². The van der Waals surface area contributed by atoms with Crippen molar-refractivity contribution >= 4 is 11.9 Å². The Morgan fingerprint density at radius 2 is 0.758 bits per heavy atom. The SMILES string of the molecule is CCCCC/C=C\C/C=C\CCCCCCCCCCCC(=O)OCCCCCCCCCCCCCCCCCCCCCCCC(=O)NC(CO)C(O)/C=C/CCCCCCCCC. The third-order valence-electron chi connectivity index (χ3n) is 13.4. The van der Waals surface area contributed by atoms with Gasteiger partial charge in [0.1, 0.15) is 0 Å². The summed E-state index contributed by atoms with van der Waals surface area (Å²) >= 11 is 0. The highest BCUT2D eigenvalue weighted by molar-refractivity contribution is 5.76. The Hall–Kier alpha value is -1.92. The Balaban J connectivity index is 3.36. The van der Waals surface area contributed by atoms with Crippen LogP contribution in [0.2, 0.25) is 0 Å². The van der Waals surface area contributed by atoms with Crippen molar-refractivity contribution in [3.63, 3.8) is 0 Å². The fourth-order valence-corrected chi connectivity index (χ4v) is 8.90. The summed E-state index contributed by atoms with van der Waals surface area (Å²) in [6.07, 6.45) is 68.9. The van der Waals surface area contributed by atoms with E-state index < -0.39 is 12.1 Å². The topological polar surface area (TPSA) is 95.9 Å². The van der Waals surface area contributed by atoms with Crippen LogP contribution < -0.4 is 5.32 Å². The van der Waals surface area contributed by atoms with Crippen molar-refractivity contribution in [2.24, 2.45) is 0 Å². The van der Waals surface area contributed by atoms with Crippen LogP contribution >= 0.6 is 0 Å². The number of rotatable bonds is 54. The molecule has 2 atom stereocenters. The number of carbonyl (C=O) groups excluding carboxylic acids is 2. The van der Waals surface area contributed by atoms with E-state index in [4.69, 9.17) is 4.74 Å². The lowest BCUT2D eigenvalue weighted by Gasteiger charge is -2.20. The van der Waals surface area contributed by atoms with Crippen molar-refractivity contribution in [1.82, 2.24) is 5.32 Å². The Bertz CT molecular complexity index is 1070. The lowest BCUT2D eigenvalue weighted by Crippen LogP contribution is -2.45. The lowest BCUT2D eigenvalue weighted by molar-refractivity contribution is -0.143. The standard InChI is InChI=1S/C60H113NO5/c1-3-5-7-9-11-13-14-15-16-17-21-25-28-31-34-38-42-46-50-54-60(65)66-55-51-47-43-39-35-32-29-26-23-20-18-19-22-24-27-30-33-37-41-45-49-53-59(64)61-57(56-62)58(63)52-48-44-40-36-12-10-8-6-4-2/h11,13,15-16,48,52,57-58,62-63H,3-10,12,14,17-47,49-51,53-56H2,1-2H3,(H,61,64)/b13-11-,16-15-,52-48+. The van der Waals surface area contributed by atoms with Gasteiger partial charge < -0.3 is 20.3 Å². The minimum Gasteiger partial charge on any atom is -0.466 e. The number of esters is 1. The highest BCUT2D eigenvalue weighted by Gasteiger charge is 2.18. The number of amides is 1. The molecule has 388 valence electrons. The Morgan fingerprint density at radius 3 is 1.18 bits per heavy atom. The number of nitrogens with one attached hydrogen (secondary N) is 1. The van der Waals surface area contributed by atoms with E-state index in [1.54, 1.807) is 6.08 Å². The smallest absolute Gasteiger partial charge is 0.305 e. The maximum Gasteiger partial charge on any atom is 0.305 e. The van der Waals surface area contributed by atoms with Crippen LogP contribution in [0.4, 0.5) is 0 Å². The summed E-state index contributed by atoms with van der Waals surface area (Å²) in [4.78, 5) is 24.5. The predicted octanol–water partition coefficient (Wildman–Crippen LogP) is 18.0. The molecule has 0 aliphatic heterocycles. The Labute approximate surface area is 411 Å². The van der Waals surface area contributed by atoms with Crippen molar-refractivity contribution in [1.29, 1.82) is 0 Å². The van der Waals surface area contributed by atoms with Crippen molar-refractivity contribution in [3.05, 3.63) is 36.5 Å². The highest BCUT2D eigenvalue weighted by Crippen LogP contribution is 2.17. The molecule has 0 saturated carbocycles. The number of allylic oxidation sites excluding steroid dienone is 5. The van der Waals surface area contributed by atoms with Gasteiger partial charge in [-0.25, -0.2) is 0 Å². The van der Waals surface area contributed by atoms with Gasteiger partial charge in [-0.3, -0.25) is 9.59 Å². The maximum absolute atomic E-state index is 12.4.